The second-order valence-electron chi connectivity index (χ2n) is 7.76. The van der Waals surface area contributed by atoms with Crippen LogP contribution in [0.3, 0.4) is 0 Å². The van der Waals surface area contributed by atoms with Crippen LogP contribution >= 0.6 is 0 Å². The molecule has 2 nitrogen and oxygen atoms in total. The molecule has 0 bridgehead atoms. The summed E-state index contributed by atoms with van der Waals surface area (Å²) in [7, 11) is 2.27. The van der Waals surface area contributed by atoms with Gasteiger partial charge in [-0.05, 0) is 32.2 Å². The molecule has 1 aliphatic heterocycles. The Morgan fingerprint density at radius 1 is 0.905 bits per heavy atom. The fourth-order valence-corrected chi connectivity index (χ4v) is 4.46. The predicted molar refractivity (Wildman–Crippen MR) is 92.8 cm³/mol. The average molecular weight is 295 g/mol. The zero-order valence-corrected chi connectivity index (χ0v) is 14.8. The molecule has 2 heteroatoms. The Balaban J connectivity index is 0.000000272. The monoisotopic (exact) mass is 294 g/mol. The Labute approximate surface area is 133 Å². The van der Waals surface area contributed by atoms with Gasteiger partial charge in [-0.15, -0.1) is 0 Å². The van der Waals surface area contributed by atoms with Crippen LogP contribution in [0, 0.1) is 5.92 Å². The molecule has 21 heavy (non-hydrogen) atoms. The van der Waals surface area contributed by atoms with Crippen LogP contribution in [0.5, 0.6) is 0 Å². The lowest BCUT2D eigenvalue weighted by Crippen LogP contribution is -2.56. The van der Waals surface area contributed by atoms with Gasteiger partial charge in [-0.25, -0.2) is 0 Å². The maximum absolute atomic E-state index is 2.83. The van der Waals surface area contributed by atoms with Crippen molar-refractivity contribution in [1.82, 2.24) is 9.80 Å². The second kappa shape index (κ2) is 9.15. The van der Waals surface area contributed by atoms with Crippen molar-refractivity contribution >= 4 is 0 Å². The van der Waals surface area contributed by atoms with Crippen LogP contribution in [0.15, 0.2) is 0 Å². The van der Waals surface area contributed by atoms with Gasteiger partial charge in [0.15, 0.2) is 0 Å². The average Bonchev–Trinajstić information content (AvgIpc) is 3.06. The highest BCUT2D eigenvalue weighted by Gasteiger charge is 2.31. The minimum absolute atomic E-state index is 0.814. The van der Waals surface area contributed by atoms with Gasteiger partial charge in [0, 0.05) is 31.7 Å². The zero-order valence-electron chi connectivity index (χ0n) is 14.8. The molecule has 0 spiro atoms. The highest BCUT2D eigenvalue weighted by atomic mass is 15.3. The van der Waals surface area contributed by atoms with Crippen LogP contribution in [-0.2, 0) is 0 Å². The summed E-state index contributed by atoms with van der Waals surface area (Å²) in [5.41, 5.74) is 0. The highest BCUT2D eigenvalue weighted by molar-refractivity contribution is 4.87. The van der Waals surface area contributed by atoms with Gasteiger partial charge in [0.2, 0.25) is 0 Å². The van der Waals surface area contributed by atoms with Gasteiger partial charge in [0.25, 0.3) is 0 Å². The molecule has 2 aliphatic carbocycles. The molecule has 0 aromatic rings. The van der Waals surface area contributed by atoms with Crippen molar-refractivity contribution < 1.29 is 0 Å². The first-order valence-electron chi connectivity index (χ1n) is 9.65. The topological polar surface area (TPSA) is 6.48 Å². The maximum Gasteiger partial charge on any atom is 0.0223 e. The van der Waals surface area contributed by atoms with E-state index >= 15 is 0 Å². The zero-order chi connectivity index (χ0) is 15.1. The first kappa shape index (κ1) is 17.3. The van der Waals surface area contributed by atoms with E-state index in [2.05, 4.69) is 30.7 Å². The van der Waals surface area contributed by atoms with Crippen molar-refractivity contribution in [2.45, 2.75) is 90.1 Å². The summed E-state index contributed by atoms with van der Waals surface area (Å²) in [6.07, 6.45) is 14.6. The quantitative estimate of drug-likeness (QED) is 0.737. The van der Waals surface area contributed by atoms with Gasteiger partial charge in [0.1, 0.15) is 0 Å². The molecule has 0 amide bonds. The molecule has 3 aliphatic rings. The van der Waals surface area contributed by atoms with Crippen molar-refractivity contribution in [1.29, 1.82) is 0 Å². The van der Waals surface area contributed by atoms with Crippen LogP contribution in [0.2, 0.25) is 0 Å². The molecule has 0 aromatic carbocycles. The molecule has 124 valence electrons. The third-order valence-corrected chi connectivity index (χ3v) is 5.83. The van der Waals surface area contributed by atoms with E-state index in [1.807, 2.05) is 0 Å². The van der Waals surface area contributed by atoms with Gasteiger partial charge in [-0.3, -0.25) is 4.90 Å². The van der Waals surface area contributed by atoms with E-state index in [-0.39, 0.29) is 0 Å². The van der Waals surface area contributed by atoms with Crippen LogP contribution in [0.4, 0.5) is 0 Å². The van der Waals surface area contributed by atoms with E-state index in [1.165, 1.54) is 83.8 Å². The van der Waals surface area contributed by atoms with Crippen molar-refractivity contribution in [3.05, 3.63) is 0 Å². The predicted octanol–water partition coefficient (Wildman–Crippen LogP) is 4.54. The van der Waals surface area contributed by atoms with Crippen molar-refractivity contribution in [3.63, 3.8) is 0 Å². The number of rotatable bonds is 2. The van der Waals surface area contributed by atoms with E-state index in [4.69, 9.17) is 0 Å². The smallest absolute Gasteiger partial charge is 0.0223 e. The number of likely N-dealkylation sites (N-methyl/N-ethyl adjacent to an activating group) is 1. The van der Waals surface area contributed by atoms with Gasteiger partial charge in [-0.2, -0.15) is 0 Å². The largest absolute Gasteiger partial charge is 0.304 e. The SMILES string of the molecule is C1CCCC1.CCC1CN(C)CCN1C1CCCC(C)C1. The minimum Gasteiger partial charge on any atom is -0.304 e. The fraction of sp³-hybridized carbons (Fsp3) is 1.00. The lowest BCUT2D eigenvalue weighted by Gasteiger charge is -2.46. The van der Waals surface area contributed by atoms with Crippen LogP contribution < -0.4 is 0 Å². The Morgan fingerprint density at radius 3 is 2.14 bits per heavy atom. The number of hydrogen-bond donors (Lipinski definition) is 0. The summed E-state index contributed by atoms with van der Waals surface area (Å²) < 4.78 is 0. The fourth-order valence-electron chi connectivity index (χ4n) is 4.46. The Hall–Kier alpha value is -0.0800. The highest BCUT2D eigenvalue weighted by Crippen LogP contribution is 2.30. The third-order valence-electron chi connectivity index (χ3n) is 5.83. The summed E-state index contributed by atoms with van der Waals surface area (Å²) in [4.78, 5) is 5.33. The Bertz CT molecular complexity index is 267. The molecule has 3 fully saturated rings. The molecule has 3 rings (SSSR count). The standard InChI is InChI=1S/C14H28N2.C5H10/c1-4-13-11-15(3)8-9-16(13)14-7-5-6-12(2)10-14;1-2-4-5-3-1/h12-14H,4-11H2,1-3H3;1-5H2. The van der Waals surface area contributed by atoms with E-state index < -0.39 is 0 Å². The third kappa shape index (κ3) is 5.56. The molecular formula is C19H38N2. The number of hydrogen-bond acceptors (Lipinski definition) is 2. The van der Waals surface area contributed by atoms with Crippen LogP contribution in [-0.4, -0.2) is 48.6 Å². The summed E-state index contributed by atoms with van der Waals surface area (Å²) in [6.45, 7) is 8.63. The lowest BCUT2D eigenvalue weighted by molar-refractivity contribution is 0.0275. The van der Waals surface area contributed by atoms with Crippen molar-refractivity contribution in [3.8, 4) is 0 Å². The molecule has 0 aromatic heterocycles. The van der Waals surface area contributed by atoms with Crippen LogP contribution in [0.1, 0.15) is 78.1 Å². The minimum atomic E-state index is 0.814. The normalized spacial score (nSPS) is 35.3. The van der Waals surface area contributed by atoms with Gasteiger partial charge >= 0.3 is 0 Å². The van der Waals surface area contributed by atoms with Crippen LogP contribution in [0.25, 0.3) is 0 Å². The van der Waals surface area contributed by atoms with Crippen molar-refractivity contribution in [2.24, 2.45) is 5.92 Å². The Morgan fingerprint density at radius 2 is 1.57 bits per heavy atom. The van der Waals surface area contributed by atoms with Gasteiger partial charge in [0.05, 0.1) is 0 Å². The lowest BCUT2D eigenvalue weighted by atomic mass is 9.85. The summed E-state index contributed by atoms with van der Waals surface area (Å²) in [6, 6.07) is 1.71. The van der Waals surface area contributed by atoms with E-state index in [0.717, 1.165) is 18.0 Å². The van der Waals surface area contributed by atoms with Gasteiger partial charge in [-0.1, -0.05) is 58.8 Å². The molecular weight excluding hydrogens is 256 g/mol. The second-order valence-corrected chi connectivity index (χ2v) is 7.76. The number of piperazine rings is 1. The first-order valence-corrected chi connectivity index (χ1v) is 9.65. The molecule has 3 atom stereocenters. The molecule has 0 radical (unpaired) electrons. The summed E-state index contributed by atoms with van der Waals surface area (Å²) in [5, 5.41) is 0. The van der Waals surface area contributed by atoms with E-state index in [9.17, 15) is 0 Å². The molecule has 3 unspecified atom stereocenters. The summed E-state index contributed by atoms with van der Waals surface area (Å²) >= 11 is 0. The molecule has 0 N–H and O–H groups in total. The molecule has 1 saturated heterocycles. The maximum atomic E-state index is 2.83. The number of nitrogens with zero attached hydrogens (tertiary/aromatic N) is 2. The Kier molecular flexibility index (Phi) is 7.53. The molecule has 2 saturated carbocycles. The van der Waals surface area contributed by atoms with Gasteiger partial charge < -0.3 is 4.90 Å². The first-order chi connectivity index (χ1) is 10.2. The van der Waals surface area contributed by atoms with E-state index in [1.54, 1.807) is 0 Å². The summed E-state index contributed by atoms with van der Waals surface area (Å²) in [5.74, 6) is 0.955. The molecule has 1 heterocycles. The van der Waals surface area contributed by atoms with E-state index in [0.29, 0.717) is 0 Å². The van der Waals surface area contributed by atoms with Crippen molar-refractivity contribution in [2.75, 3.05) is 26.7 Å².